The van der Waals surface area contributed by atoms with Gasteiger partial charge in [-0.1, -0.05) is 11.3 Å². The van der Waals surface area contributed by atoms with Crippen LogP contribution in [0.1, 0.15) is 30.2 Å². The molecule has 0 fully saturated rings. The molecule has 0 saturated heterocycles. The smallest absolute Gasteiger partial charge is 0.224 e. The van der Waals surface area contributed by atoms with E-state index in [0.717, 1.165) is 111 Å². The van der Waals surface area contributed by atoms with Crippen LogP contribution in [-0.2, 0) is 90.3 Å². The zero-order valence-corrected chi connectivity index (χ0v) is 73.5. The molecule has 0 aromatic carbocycles. The zero-order chi connectivity index (χ0) is 81.8. The highest BCUT2D eigenvalue weighted by atomic mass is 32.2. The SMILES string of the molecule is CCOCCS(=O)c1sc2nc(-c3nccs3)cc(-c3cnc(C)n3C)c2c1N.COCCS(=O)c1sc2nc(-c3nc(F)cs3)cc(-c3cnc(C)n3C)c2c1N.COCCS(=O)c1sc2nc(-c3ncc(F)s3)cc(-c3cnc(C)n3C)c2c1N.COCCS(=O)c1sc2nc(-c3nccs3)nc(-c3cnc(C)n3C)c2c1N. The molecule has 43 heteroatoms. The number of aryl methyl sites for hydroxylation is 4. The van der Waals surface area contributed by atoms with Crippen molar-refractivity contribution in [2.75, 3.05) is 100 Å². The molecule has 16 rings (SSSR count). The molecule has 0 saturated carbocycles. The second-order valence-electron chi connectivity index (χ2n) is 25.0. The average molecular weight is 1790 g/mol. The number of aromatic nitrogens is 17. The molecule has 0 spiro atoms. The van der Waals surface area contributed by atoms with Crippen molar-refractivity contribution in [3.63, 3.8) is 0 Å². The zero-order valence-electron chi connectivity index (χ0n) is 63.7. The van der Waals surface area contributed by atoms with Gasteiger partial charge in [-0.05, 0) is 52.8 Å². The quantitative estimate of drug-likeness (QED) is 0.0386. The third-order valence-electron chi connectivity index (χ3n) is 18.0. The topological polar surface area (TPSA) is 397 Å². The van der Waals surface area contributed by atoms with Gasteiger partial charge in [0.15, 0.2) is 16.0 Å². The van der Waals surface area contributed by atoms with Crippen LogP contribution in [0, 0.1) is 38.8 Å². The minimum absolute atomic E-state index is 0.345. The van der Waals surface area contributed by atoms with Gasteiger partial charge in [-0.2, -0.15) is 8.78 Å². The number of thiazole rings is 4. The van der Waals surface area contributed by atoms with Crippen LogP contribution in [0.5, 0.6) is 0 Å². The molecule has 0 aliphatic heterocycles. The van der Waals surface area contributed by atoms with Gasteiger partial charge in [-0.25, -0.2) is 64.8 Å². The second kappa shape index (κ2) is 36.8. The van der Waals surface area contributed by atoms with Gasteiger partial charge in [0.2, 0.25) is 5.95 Å². The summed E-state index contributed by atoms with van der Waals surface area (Å²) in [6.07, 6.45) is 11.8. The number of pyridine rings is 3. The maximum Gasteiger partial charge on any atom is 0.224 e. The van der Waals surface area contributed by atoms with Crippen LogP contribution in [0.25, 0.3) is 129 Å². The minimum atomic E-state index is -1.31. The molecule has 4 unspecified atom stereocenters. The molecule has 0 aliphatic rings. The molecule has 29 nitrogen and oxygen atoms in total. The monoisotopic (exact) mass is 1780 g/mol. The van der Waals surface area contributed by atoms with Crippen molar-refractivity contribution < 1.29 is 44.6 Å². The number of anilines is 4. The fraction of sp³-hybridized carbons (Fsp3) is 0.292. The molecule has 16 aromatic heterocycles. The third kappa shape index (κ3) is 17.6. The Morgan fingerprint density at radius 2 is 0.791 bits per heavy atom. The minimum Gasteiger partial charge on any atom is -0.396 e. The molecule has 0 bridgehead atoms. The van der Waals surface area contributed by atoms with E-state index in [9.17, 15) is 25.6 Å². The fourth-order valence-corrected chi connectivity index (χ4v) is 24.3. The number of rotatable bonds is 25. The van der Waals surface area contributed by atoms with Crippen LogP contribution in [0.2, 0.25) is 0 Å². The van der Waals surface area contributed by atoms with Crippen molar-refractivity contribution in [1.29, 1.82) is 0 Å². The lowest BCUT2D eigenvalue weighted by Gasteiger charge is -2.08. The van der Waals surface area contributed by atoms with Gasteiger partial charge >= 0.3 is 0 Å². The van der Waals surface area contributed by atoms with Crippen molar-refractivity contribution in [1.82, 2.24) is 83.1 Å². The second-order valence-corrected chi connectivity index (χ2v) is 39.7. The predicted octanol–water partition coefficient (Wildman–Crippen LogP) is 13.9. The van der Waals surface area contributed by atoms with E-state index in [4.69, 9.17) is 51.9 Å². The Kier molecular flexibility index (Phi) is 26.9. The van der Waals surface area contributed by atoms with Gasteiger partial charge < -0.3 is 60.2 Å². The maximum atomic E-state index is 13.6. The summed E-state index contributed by atoms with van der Waals surface area (Å²) in [4.78, 5) is 60.5. The number of fused-ring (bicyclic) bond motifs is 4. The predicted molar refractivity (Wildman–Crippen MR) is 463 cm³/mol. The van der Waals surface area contributed by atoms with E-state index < -0.39 is 49.1 Å². The van der Waals surface area contributed by atoms with E-state index in [1.807, 2.05) is 116 Å². The number of ether oxygens (including phenoxy) is 4. The summed E-state index contributed by atoms with van der Waals surface area (Å²) in [5.41, 5.74) is 36.1. The fourth-order valence-electron chi connectivity index (χ4n) is 11.7. The molecule has 602 valence electrons. The lowest BCUT2D eigenvalue weighted by Crippen LogP contribution is -2.06. The number of imidazole rings is 4. The number of nitrogen functional groups attached to an aromatic ring is 4. The van der Waals surface area contributed by atoms with Gasteiger partial charge in [-0.3, -0.25) is 16.8 Å². The van der Waals surface area contributed by atoms with Crippen molar-refractivity contribution in [2.24, 2.45) is 28.2 Å². The van der Waals surface area contributed by atoms with E-state index in [1.165, 1.54) is 90.9 Å². The van der Waals surface area contributed by atoms with E-state index in [-0.39, 0.29) is 5.13 Å². The summed E-state index contributed by atoms with van der Waals surface area (Å²) in [6.45, 7) is 11.8. The Hall–Kier alpha value is -8.77. The van der Waals surface area contributed by atoms with E-state index >= 15 is 0 Å². The van der Waals surface area contributed by atoms with Crippen LogP contribution < -0.4 is 22.9 Å². The van der Waals surface area contributed by atoms with Crippen LogP contribution in [0.15, 0.2) is 94.6 Å². The normalized spacial score (nSPS) is 12.7. The summed E-state index contributed by atoms with van der Waals surface area (Å²) in [7, 11) is 7.30. The molecular formula is C72H75F2N21O8S12. The number of hydrogen-bond donors (Lipinski definition) is 4. The summed E-state index contributed by atoms with van der Waals surface area (Å²) < 4.78 is 109. The summed E-state index contributed by atoms with van der Waals surface area (Å²) in [6, 6.07) is 5.66. The first-order valence-corrected chi connectivity index (χ1v) is 46.7. The van der Waals surface area contributed by atoms with Crippen molar-refractivity contribution >= 4 is 198 Å². The van der Waals surface area contributed by atoms with Crippen molar-refractivity contribution in [3.05, 3.63) is 112 Å². The Bertz CT molecular complexity index is 6120. The Morgan fingerprint density at radius 1 is 0.417 bits per heavy atom. The summed E-state index contributed by atoms with van der Waals surface area (Å²) >= 11 is 10.4. The number of hydrogen-bond acceptors (Lipinski definition) is 33. The van der Waals surface area contributed by atoms with Gasteiger partial charge in [0.1, 0.15) is 97.3 Å². The van der Waals surface area contributed by atoms with Gasteiger partial charge in [-0.15, -0.1) is 79.4 Å². The van der Waals surface area contributed by atoms with E-state index in [1.54, 1.807) is 52.3 Å². The first-order chi connectivity index (χ1) is 55.3. The van der Waals surface area contributed by atoms with Gasteiger partial charge in [0, 0.05) is 118 Å². The Labute approximate surface area is 699 Å². The first kappa shape index (κ1) is 84.2. The van der Waals surface area contributed by atoms with E-state index in [2.05, 4.69) is 54.8 Å². The standard InChI is InChI=1S/C19H21N5O2S3.2C18H18FN5O2S3.C17H18N6O2S3/c1-4-26-6-8-29(25)19-16(20)15-12(14-10-22-11(2)24(14)3)9-13(23-18(15)28-19)17-21-5-7-27-17;1-9-21-7-12(24(9)2)10-6-11(16-23-13(19)8-27-16)22-17-14(10)15(20)18(28-17)29(25)5-4-26-3;1-9-21-7-12(24(9)2)10-6-11(16-22-8-13(19)27-16)23-17-14(10)15(20)18(28-17)29(25)5-4-26-3;1-9-20-8-10(23(9)2)13-11-12(18)17(28(24)7-5-25-3)27-15(11)22-14(21-13)16-19-4-6-26-16/h5,7,9-10H,4,6,8,20H2,1-3H3;2*6-8H,4-5,20H2,1-3H3;4,6,8H,5,7,18H2,1-3H3. The molecule has 16 aromatic rings. The largest absolute Gasteiger partial charge is 0.396 e. The highest BCUT2D eigenvalue weighted by Gasteiger charge is 2.29. The molecule has 0 aliphatic carbocycles. The molecule has 8 N–H and O–H groups in total. The van der Waals surface area contributed by atoms with Crippen LogP contribution in [0.3, 0.4) is 0 Å². The lowest BCUT2D eigenvalue weighted by molar-refractivity contribution is 0.164. The number of halogens is 2. The number of methoxy groups -OCH3 is 3. The molecular weight excluding hydrogens is 1710 g/mol. The molecule has 0 radical (unpaired) electrons. The molecule has 115 heavy (non-hydrogen) atoms. The number of nitrogens with two attached hydrogens (primary N) is 4. The van der Waals surface area contributed by atoms with Crippen molar-refractivity contribution in [2.45, 2.75) is 51.5 Å². The molecule has 4 atom stereocenters. The van der Waals surface area contributed by atoms with Crippen LogP contribution in [0.4, 0.5) is 31.5 Å². The van der Waals surface area contributed by atoms with Gasteiger partial charge in [0.05, 0.1) is 175 Å². The summed E-state index contributed by atoms with van der Waals surface area (Å²) in [5.74, 6) is 4.88. The van der Waals surface area contributed by atoms with E-state index in [0.29, 0.717) is 148 Å². The van der Waals surface area contributed by atoms with Crippen LogP contribution in [-0.4, -0.2) is 177 Å². The highest BCUT2D eigenvalue weighted by molar-refractivity contribution is 7.88. The van der Waals surface area contributed by atoms with Gasteiger partial charge in [0.25, 0.3) is 0 Å². The molecule has 0 amide bonds. The Balaban J connectivity index is 0.000000134. The maximum absolute atomic E-state index is 13.6. The Morgan fingerprint density at radius 3 is 1.14 bits per heavy atom. The third-order valence-corrected chi connectivity index (χ3v) is 32.7. The highest BCUT2D eigenvalue weighted by Crippen LogP contribution is 2.48. The van der Waals surface area contributed by atoms with Crippen LogP contribution >= 0.6 is 90.7 Å². The average Bonchev–Trinajstić information content (AvgIpc) is 1.64. The number of nitrogens with zero attached hydrogens (tertiary/aromatic N) is 17. The lowest BCUT2D eigenvalue weighted by atomic mass is 10.1. The number of thiophene rings is 4. The molecule has 16 heterocycles. The van der Waals surface area contributed by atoms with Crippen molar-refractivity contribution in [3.8, 4) is 88.1 Å². The summed E-state index contributed by atoms with van der Waals surface area (Å²) in [5, 5.41) is 10.2. The first-order valence-electron chi connectivity index (χ1n) is 34.7.